The molecule has 3 aliphatic carbocycles. The number of Topliss-reactive ketones (excluding diaryl/α,β-unsaturated/α-hetero) is 1. The Hall–Kier alpha value is -1.97. The minimum atomic E-state index is -0.409. The highest BCUT2D eigenvalue weighted by atomic mass is 16.2. The van der Waals surface area contributed by atoms with Crippen molar-refractivity contribution >= 4 is 23.3 Å². The predicted octanol–water partition coefficient (Wildman–Crippen LogP) is 2.41. The van der Waals surface area contributed by atoms with Gasteiger partial charge in [-0.25, -0.2) is 0 Å². The summed E-state index contributed by atoms with van der Waals surface area (Å²) in [5.74, 6) is -0.929. The van der Waals surface area contributed by atoms with Crippen molar-refractivity contribution in [1.29, 1.82) is 0 Å². The van der Waals surface area contributed by atoms with E-state index >= 15 is 0 Å². The lowest BCUT2D eigenvalue weighted by atomic mass is 9.59. The number of rotatable bonds is 1. The van der Waals surface area contributed by atoms with Crippen molar-refractivity contribution in [1.82, 2.24) is 0 Å². The van der Waals surface area contributed by atoms with Crippen molar-refractivity contribution in [2.45, 2.75) is 33.1 Å². The van der Waals surface area contributed by atoms with Crippen LogP contribution in [0.4, 0.5) is 5.69 Å². The van der Waals surface area contributed by atoms with Gasteiger partial charge in [0, 0.05) is 12.3 Å². The van der Waals surface area contributed by atoms with E-state index in [1.807, 2.05) is 32.0 Å². The summed E-state index contributed by atoms with van der Waals surface area (Å²) in [7, 11) is 0. The van der Waals surface area contributed by atoms with E-state index < -0.39 is 5.92 Å². The molecule has 0 radical (unpaired) electrons. The number of carbonyl (C=O) groups is 3. The summed E-state index contributed by atoms with van der Waals surface area (Å²) in [5, 5.41) is 0. The van der Waals surface area contributed by atoms with E-state index in [-0.39, 0.29) is 35.4 Å². The first kappa shape index (κ1) is 13.7. The third-order valence-electron chi connectivity index (χ3n) is 5.53. The second kappa shape index (κ2) is 4.51. The number of ketones is 1. The number of amides is 2. The summed E-state index contributed by atoms with van der Waals surface area (Å²) in [6, 6.07) is 5.78. The van der Waals surface area contributed by atoms with Crippen LogP contribution in [0.25, 0.3) is 0 Å². The van der Waals surface area contributed by atoms with Gasteiger partial charge in [-0.15, -0.1) is 0 Å². The Morgan fingerprint density at radius 2 is 1.55 bits per heavy atom. The van der Waals surface area contributed by atoms with Crippen LogP contribution >= 0.6 is 0 Å². The molecule has 0 unspecified atom stereocenters. The van der Waals surface area contributed by atoms with Gasteiger partial charge in [0.2, 0.25) is 11.8 Å². The van der Waals surface area contributed by atoms with Crippen LogP contribution in [0.3, 0.4) is 0 Å². The summed E-state index contributed by atoms with van der Waals surface area (Å²) >= 11 is 0. The molecule has 0 spiro atoms. The molecule has 2 amide bonds. The first-order chi connectivity index (χ1) is 10.5. The standard InChI is InChI=1S/C18H19NO3/c1-9-5-10(2)7-12(6-9)19-17(21)15-11-3-4-13(14(20)8-11)16(15)18(19)22/h5-7,11,13,15-16H,3-4,8H2,1-2H3/t11-,13+,15+,16-/m0/s1. The molecular formula is C18H19NO3. The molecular weight excluding hydrogens is 278 g/mol. The van der Waals surface area contributed by atoms with Crippen molar-refractivity contribution < 1.29 is 14.4 Å². The summed E-state index contributed by atoms with van der Waals surface area (Å²) in [6.45, 7) is 3.92. The minimum Gasteiger partial charge on any atom is -0.299 e. The summed E-state index contributed by atoms with van der Waals surface area (Å²) < 4.78 is 0. The molecule has 1 saturated heterocycles. The molecule has 114 valence electrons. The number of aryl methyl sites for hydroxylation is 2. The fraction of sp³-hybridized carbons (Fsp3) is 0.500. The maximum absolute atomic E-state index is 12.9. The highest BCUT2D eigenvalue weighted by Crippen LogP contribution is 2.52. The van der Waals surface area contributed by atoms with Gasteiger partial charge in [-0.1, -0.05) is 6.07 Å². The molecule has 3 saturated carbocycles. The molecule has 1 aliphatic heterocycles. The van der Waals surface area contributed by atoms with Gasteiger partial charge in [0.25, 0.3) is 0 Å². The number of imide groups is 1. The van der Waals surface area contributed by atoms with E-state index in [0.29, 0.717) is 12.1 Å². The molecule has 4 fully saturated rings. The average Bonchev–Trinajstić information content (AvgIpc) is 2.72. The highest BCUT2D eigenvalue weighted by Gasteiger charge is 2.60. The predicted molar refractivity (Wildman–Crippen MR) is 81.2 cm³/mol. The summed E-state index contributed by atoms with van der Waals surface area (Å²) in [4.78, 5) is 39.2. The number of hydrogen-bond acceptors (Lipinski definition) is 3. The van der Waals surface area contributed by atoms with Crippen LogP contribution < -0.4 is 4.90 Å². The van der Waals surface area contributed by atoms with E-state index in [1.54, 1.807) is 0 Å². The molecule has 1 aromatic rings. The lowest BCUT2D eigenvalue weighted by Gasteiger charge is -2.41. The smallest absolute Gasteiger partial charge is 0.238 e. The molecule has 4 nitrogen and oxygen atoms in total. The lowest BCUT2D eigenvalue weighted by molar-refractivity contribution is -0.143. The fourth-order valence-corrected chi connectivity index (χ4v) is 4.72. The fourth-order valence-electron chi connectivity index (χ4n) is 4.72. The molecule has 0 N–H and O–H groups in total. The van der Waals surface area contributed by atoms with E-state index in [4.69, 9.17) is 0 Å². The third-order valence-corrected chi connectivity index (χ3v) is 5.53. The molecule has 4 atom stereocenters. The Kier molecular flexibility index (Phi) is 2.80. The summed E-state index contributed by atoms with van der Waals surface area (Å²) in [6.07, 6.45) is 2.15. The van der Waals surface area contributed by atoms with Crippen LogP contribution in [-0.4, -0.2) is 17.6 Å². The second-order valence-corrected chi connectivity index (χ2v) is 7.02. The highest BCUT2D eigenvalue weighted by molar-refractivity contribution is 6.23. The number of nitrogens with zero attached hydrogens (tertiary/aromatic N) is 1. The van der Waals surface area contributed by atoms with Crippen molar-refractivity contribution in [3.63, 3.8) is 0 Å². The van der Waals surface area contributed by atoms with Crippen LogP contribution in [-0.2, 0) is 14.4 Å². The maximum atomic E-state index is 12.9. The quantitative estimate of drug-likeness (QED) is 0.748. The average molecular weight is 297 g/mol. The molecule has 4 aliphatic rings. The topological polar surface area (TPSA) is 54.5 Å². The van der Waals surface area contributed by atoms with Gasteiger partial charge in [0.05, 0.1) is 17.5 Å². The van der Waals surface area contributed by atoms with Crippen LogP contribution in [0.2, 0.25) is 0 Å². The Balaban J connectivity index is 1.78. The van der Waals surface area contributed by atoms with Gasteiger partial charge in [-0.05, 0) is 55.9 Å². The molecule has 2 bridgehead atoms. The van der Waals surface area contributed by atoms with Crippen molar-refractivity contribution in [2.24, 2.45) is 23.7 Å². The van der Waals surface area contributed by atoms with Crippen molar-refractivity contribution in [3.05, 3.63) is 29.3 Å². The molecule has 1 aromatic carbocycles. The normalized spacial score (nSPS) is 33.5. The number of benzene rings is 1. The number of anilines is 1. The molecule has 0 aromatic heterocycles. The van der Waals surface area contributed by atoms with Gasteiger partial charge in [-0.3, -0.25) is 19.3 Å². The zero-order valence-electron chi connectivity index (χ0n) is 12.8. The largest absolute Gasteiger partial charge is 0.299 e. The van der Waals surface area contributed by atoms with E-state index in [9.17, 15) is 14.4 Å². The number of carbonyl (C=O) groups excluding carboxylic acids is 3. The van der Waals surface area contributed by atoms with E-state index in [0.717, 1.165) is 24.0 Å². The molecule has 22 heavy (non-hydrogen) atoms. The monoisotopic (exact) mass is 297 g/mol. The van der Waals surface area contributed by atoms with Gasteiger partial charge in [0.15, 0.2) is 0 Å². The van der Waals surface area contributed by atoms with Crippen LogP contribution in [0.5, 0.6) is 0 Å². The molecule has 5 rings (SSSR count). The van der Waals surface area contributed by atoms with Crippen molar-refractivity contribution in [3.8, 4) is 0 Å². The lowest BCUT2D eigenvalue weighted by Crippen LogP contribution is -2.46. The molecule has 4 heteroatoms. The van der Waals surface area contributed by atoms with Gasteiger partial charge in [-0.2, -0.15) is 0 Å². The zero-order valence-corrected chi connectivity index (χ0v) is 12.8. The molecule has 1 heterocycles. The van der Waals surface area contributed by atoms with Crippen LogP contribution in [0.15, 0.2) is 18.2 Å². The van der Waals surface area contributed by atoms with Gasteiger partial charge in [0.1, 0.15) is 5.78 Å². The first-order valence-corrected chi connectivity index (χ1v) is 7.96. The minimum absolute atomic E-state index is 0.0647. The second-order valence-electron chi connectivity index (χ2n) is 7.02. The Labute approximate surface area is 129 Å². The van der Waals surface area contributed by atoms with E-state index in [2.05, 4.69) is 0 Å². The first-order valence-electron chi connectivity index (χ1n) is 7.96. The van der Waals surface area contributed by atoms with Crippen LogP contribution in [0, 0.1) is 37.5 Å². The maximum Gasteiger partial charge on any atom is 0.238 e. The SMILES string of the molecule is Cc1cc(C)cc(N2C(=O)[C@@H]3[C@H]4CC[C@H](C(=O)C4)[C@@H]3C2=O)c1. The Morgan fingerprint density at radius 1 is 0.909 bits per heavy atom. The van der Waals surface area contributed by atoms with Gasteiger partial charge < -0.3 is 0 Å². The summed E-state index contributed by atoms with van der Waals surface area (Å²) in [5.41, 5.74) is 2.72. The van der Waals surface area contributed by atoms with E-state index in [1.165, 1.54) is 4.90 Å². The number of hydrogen-bond donors (Lipinski definition) is 0. The third kappa shape index (κ3) is 1.73. The zero-order chi connectivity index (χ0) is 15.6. The van der Waals surface area contributed by atoms with Gasteiger partial charge >= 0.3 is 0 Å². The van der Waals surface area contributed by atoms with Crippen molar-refractivity contribution in [2.75, 3.05) is 4.90 Å². The number of fused-ring (bicyclic) bond motifs is 2. The Bertz CT molecular complexity index is 688. The van der Waals surface area contributed by atoms with Crippen LogP contribution in [0.1, 0.15) is 30.4 Å². The Morgan fingerprint density at radius 3 is 2.18 bits per heavy atom.